The first-order valence-electron chi connectivity index (χ1n) is 6.33. The number of rotatable bonds is 3. The van der Waals surface area contributed by atoms with Gasteiger partial charge in [-0.25, -0.2) is 0 Å². The van der Waals surface area contributed by atoms with Crippen LogP contribution in [0.15, 0.2) is 57.8 Å². The molecule has 0 unspecified atom stereocenters. The average molecular weight is 300 g/mol. The minimum absolute atomic E-state index is 0.0879. The van der Waals surface area contributed by atoms with Crippen molar-refractivity contribution < 1.29 is 13.2 Å². The highest BCUT2D eigenvalue weighted by Crippen LogP contribution is 2.26. The standard InChI is InChI=1S/C15H12N2O3S/c18-15-9-12-8-13(6-7-14(12)17-15)21(19,20)16-10-11-4-2-1-3-5-11/h1-8,10H,9H2,(H,17,18). The Morgan fingerprint density at radius 3 is 2.62 bits per heavy atom. The molecule has 0 spiro atoms. The maximum atomic E-state index is 12.2. The summed E-state index contributed by atoms with van der Waals surface area (Å²) in [5.74, 6) is -0.132. The number of hydrogen-bond acceptors (Lipinski definition) is 3. The quantitative estimate of drug-likeness (QED) is 0.881. The van der Waals surface area contributed by atoms with Gasteiger partial charge in [0.2, 0.25) is 5.91 Å². The van der Waals surface area contributed by atoms with Crippen molar-refractivity contribution in [3.05, 3.63) is 59.7 Å². The van der Waals surface area contributed by atoms with Gasteiger partial charge in [-0.3, -0.25) is 4.79 Å². The predicted octanol–water partition coefficient (Wildman–Crippen LogP) is 1.99. The zero-order valence-electron chi connectivity index (χ0n) is 11.0. The molecule has 0 saturated carbocycles. The molecule has 1 N–H and O–H groups in total. The van der Waals surface area contributed by atoms with Crippen LogP contribution in [-0.4, -0.2) is 20.5 Å². The molecule has 0 atom stereocenters. The monoisotopic (exact) mass is 300 g/mol. The second kappa shape index (κ2) is 5.14. The molecule has 0 saturated heterocycles. The van der Waals surface area contributed by atoms with E-state index in [1.165, 1.54) is 18.3 Å². The summed E-state index contributed by atoms with van der Waals surface area (Å²) in [5, 5.41) is 2.66. The van der Waals surface area contributed by atoms with Crippen molar-refractivity contribution in [1.82, 2.24) is 0 Å². The SMILES string of the molecule is O=C1Cc2cc(S(=O)(=O)N=Cc3ccccc3)ccc2N1. The molecule has 106 valence electrons. The Balaban J connectivity index is 1.91. The number of fused-ring (bicyclic) bond motifs is 1. The second-order valence-corrected chi connectivity index (χ2v) is 6.30. The summed E-state index contributed by atoms with van der Waals surface area (Å²) in [7, 11) is -3.77. The summed E-state index contributed by atoms with van der Waals surface area (Å²) in [4.78, 5) is 11.4. The van der Waals surface area contributed by atoms with E-state index in [-0.39, 0.29) is 17.2 Å². The molecule has 2 aromatic rings. The lowest BCUT2D eigenvalue weighted by Gasteiger charge is -2.02. The third-order valence-electron chi connectivity index (χ3n) is 3.14. The van der Waals surface area contributed by atoms with Crippen molar-refractivity contribution in [2.75, 3.05) is 5.32 Å². The van der Waals surface area contributed by atoms with Gasteiger partial charge < -0.3 is 5.32 Å². The van der Waals surface area contributed by atoms with E-state index in [0.717, 1.165) is 0 Å². The molecule has 1 aliphatic rings. The summed E-state index contributed by atoms with van der Waals surface area (Å²) in [5.41, 5.74) is 2.04. The Hall–Kier alpha value is -2.47. The first kappa shape index (κ1) is 13.5. The molecule has 1 amide bonds. The molecule has 1 heterocycles. The highest BCUT2D eigenvalue weighted by molar-refractivity contribution is 7.90. The van der Waals surface area contributed by atoms with E-state index in [9.17, 15) is 13.2 Å². The fourth-order valence-electron chi connectivity index (χ4n) is 2.10. The van der Waals surface area contributed by atoms with E-state index in [0.29, 0.717) is 16.8 Å². The Morgan fingerprint density at radius 2 is 1.86 bits per heavy atom. The van der Waals surface area contributed by atoms with Crippen molar-refractivity contribution in [1.29, 1.82) is 0 Å². The topological polar surface area (TPSA) is 75.6 Å². The van der Waals surface area contributed by atoms with Crippen LogP contribution in [0.4, 0.5) is 5.69 Å². The summed E-state index contributed by atoms with van der Waals surface area (Å²) in [6.45, 7) is 0. The number of sulfonamides is 1. The zero-order valence-corrected chi connectivity index (χ0v) is 11.8. The molecule has 1 aliphatic heterocycles. The number of anilines is 1. The minimum atomic E-state index is -3.77. The van der Waals surface area contributed by atoms with Gasteiger partial charge in [-0.2, -0.15) is 12.8 Å². The molecular formula is C15H12N2O3S. The number of carbonyl (C=O) groups excluding carboxylic acids is 1. The van der Waals surface area contributed by atoms with Crippen molar-refractivity contribution in [3.63, 3.8) is 0 Å². The Kier molecular flexibility index (Phi) is 3.31. The number of carbonyl (C=O) groups is 1. The van der Waals surface area contributed by atoms with Crippen LogP contribution >= 0.6 is 0 Å². The Morgan fingerprint density at radius 1 is 1.10 bits per heavy atom. The van der Waals surface area contributed by atoms with E-state index < -0.39 is 10.0 Å². The highest BCUT2D eigenvalue weighted by atomic mass is 32.2. The molecule has 0 radical (unpaired) electrons. The smallest absolute Gasteiger partial charge is 0.282 e. The van der Waals surface area contributed by atoms with Crippen molar-refractivity contribution in [3.8, 4) is 0 Å². The van der Waals surface area contributed by atoms with Crippen LogP contribution in [0.3, 0.4) is 0 Å². The lowest BCUT2D eigenvalue weighted by Crippen LogP contribution is -2.03. The second-order valence-electron chi connectivity index (χ2n) is 4.66. The molecule has 0 fully saturated rings. The van der Waals surface area contributed by atoms with E-state index in [1.807, 2.05) is 6.07 Å². The van der Waals surface area contributed by atoms with E-state index >= 15 is 0 Å². The van der Waals surface area contributed by atoms with Crippen LogP contribution in [0.2, 0.25) is 0 Å². The van der Waals surface area contributed by atoms with Gasteiger partial charge in [-0.1, -0.05) is 30.3 Å². The molecule has 5 nitrogen and oxygen atoms in total. The molecule has 0 bridgehead atoms. The van der Waals surface area contributed by atoms with E-state index in [4.69, 9.17) is 0 Å². The molecule has 21 heavy (non-hydrogen) atoms. The van der Waals surface area contributed by atoms with E-state index in [2.05, 4.69) is 9.71 Å². The van der Waals surface area contributed by atoms with Gasteiger partial charge in [0.25, 0.3) is 10.0 Å². The third kappa shape index (κ3) is 2.85. The Labute approximate surface area is 122 Å². The summed E-state index contributed by atoms with van der Waals surface area (Å²) >= 11 is 0. The van der Waals surface area contributed by atoms with Gasteiger partial charge in [0, 0.05) is 11.9 Å². The lowest BCUT2D eigenvalue weighted by molar-refractivity contribution is -0.115. The number of nitrogens with zero attached hydrogens (tertiary/aromatic N) is 1. The van der Waals surface area contributed by atoms with Crippen LogP contribution in [0.5, 0.6) is 0 Å². The molecule has 6 heteroatoms. The molecule has 0 aromatic heterocycles. The fraction of sp³-hybridized carbons (Fsp3) is 0.0667. The maximum Gasteiger partial charge on any atom is 0.282 e. The molecule has 3 rings (SSSR count). The van der Waals surface area contributed by atoms with Gasteiger partial charge >= 0.3 is 0 Å². The van der Waals surface area contributed by atoms with Gasteiger partial charge in [0.1, 0.15) is 0 Å². The molecule has 0 aliphatic carbocycles. The zero-order chi connectivity index (χ0) is 14.9. The third-order valence-corrected chi connectivity index (χ3v) is 4.37. The van der Waals surface area contributed by atoms with Gasteiger partial charge in [-0.05, 0) is 29.3 Å². The molecular weight excluding hydrogens is 288 g/mol. The highest BCUT2D eigenvalue weighted by Gasteiger charge is 2.21. The first-order valence-corrected chi connectivity index (χ1v) is 7.77. The van der Waals surface area contributed by atoms with Gasteiger partial charge in [-0.15, -0.1) is 0 Å². The van der Waals surface area contributed by atoms with E-state index in [1.54, 1.807) is 30.3 Å². The normalized spacial score (nSPS) is 14.2. The summed E-state index contributed by atoms with van der Waals surface area (Å²) in [6.07, 6.45) is 1.51. The Bertz CT molecular complexity index is 827. The van der Waals surface area contributed by atoms with Crippen LogP contribution in [-0.2, 0) is 21.2 Å². The fourth-order valence-corrected chi connectivity index (χ4v) is 3.01. The maximum absolute atomic E-state index is 12.2. The summed E-state index contributed by atoms with van der Waals surface area (Å²) < 4.78 is 28.1. The number of hydrogen-bond donors (Lipinski definition) is 1. The van der Waals surface area contributed by atoms with Crippen LogP contribution in [0, 0.1) is 0 Å². The minimum Gasteiger partial charge on any atom is -0.326 e. The van der Waals surface area contributed by atoms with Crippen LogP contribution in [0.1, 0.15) is 11.1 Å². The van der Waals surface area contributed by atoms with Crippen molar-refractivity contribution >= 4 is 27.8 Å². The first-order chi connectivity index (χ1) is 10.0. The van der Waals surface area contributed by atoms with Crippen molar-refractivity contribution in [2.24, 2.45) is 4.40 Å². The molecule has 2 aromatic carbocycles. The number of nitrogens with one attached hydrogen (secondary N) is 1. The van der Waals surface area contributed by atoms with Crippen molar-refractivity contribution in [2.45, 2.75) is 11.3 Å². The lowest BCUT2D eigenvalue weighted by atomic mass is 10.2. The summed E-state index contributed by atoms with van der Waals surface area (Å²) in [6, 6.07) is 13.5. The van der Waals surface area contributed by atoms with Crippen LogP contribution in [0.25, 0.3) is 0 Å². The number of amides is 1. The predicted molar refractivity (Wildman–Crippen MR) is 80.0 cm³/mol. The average Bonchev–Trinajstić information content (AvgIpc) is 2.85. The largest absolute Gasteiger partial charge is 0.326 e. The van der Waals surface area contributed by atoms with Gasteiger partial charge in [0.15, 0.2) is 0 Å². The van der Waals surface area contributed by atoms with Gasteiger partial charge in [0.05, 0.1) is 11.3 Å². The number of benzene rings is 2. The van der Waals surface area contributed by atoms with Crippen LogP contribution < -0.4 is 5.32 Å².